The Balaban J connectivity index is 1.87. The third kappa shape index (κ3) is 5.65. The van der Waals surface area contributed by atoms with Crippen LogP contribution < -0.4 is 14.4 Å². The molecule has 0 bridgehead atoms. The van der Waals surface area contributed by atoms with E-state index in [2.05, 4.69) is 15.9 Å². The quantitative estimate of drug-likeness (QED) is 0.314. The lowest BCUT2D eigenvalue weighted by molar-refractivity contribution is -0.145. The van der Waals surface area contributed by atoms with Gasteiger partial charge in [0.05, 0.1) is 28.3 Å². The van der Waals surface area contributed by atoms with Crippen LogP contribution in [0.5, 0.6) is 11.5 Å². The summed E-state index contributed by atoms with van der Waals surface area (Å²) in [5.41, 5.74) is 1.06. The van der Waals surface area contributed by atoms with E-state index in [1.165, 1.54) is 0 Å². The summed E-state index contributed by atoms with van der Waals surface area (Å²) in [4.78, 5) is 38.3. The fourth-order valence-electron chi connectivity index (χ4n) is 2.84. The standard InChI is InChI=1S/C22H19BrClNO6S/c1-3-29-17-10-13(9-16(23)20(17)31-12-19(26)30-4-2)11-18-21(27)25(22(28)32-18)15-7-5-14(24)6-8-15/h5-11H,3-4,12H2,1-2H3/b18-11+. The molecule has 1 aliphatic heterocycles. The lowest BCUT2D eigenvalue weighted by atomic mass is 10.1. The second-order valence-electron chi connectivity index (χ2n) is 6.35. The van der Waals surface area contributed by atoms with Gasteiger partial charge in [0.2, 0.25) is 0 Å². The van der Waals surface area contributed by atoms with E-state index in [-0.39, 0.29) is 18.1 Å². The smallest absolute Gasteiger partial charge is 0.344 e. The Bertz CT molecular complexity index is 1070. The first kappa shape index (κ1) is 24.2. The summed E-state index contributed by atoms with van der Waals surface area (Å²) in [6, 6.07) is 9.83. The molecule has 1 heterocycles. The molecule has 7 nitrogen and oxygen atoms in total. The van der Waals surface area contributed by atoms with Crippen LogP contribution in [0.1, 0.15) is 19.4 Å². The number of carbonyl (C=O) groups excluding carboxylic acids is 3. The first-order valence-electron chi connectivity index (χ1n) is 9.62. The SMILES string of the molecule is CCOC(=O)COc1c(Br)cc(/C=C2/SC(=O)N(c3ccc(Cl)cc3)C2=O)cc1OCC. The van der Waals surface area contributed by atoms with Crippen molar-refractivity contribution in [1.29, 1.82) is 0 Å². The van der Waals surface area contributed by atoms with Gasteiger partial charge in [-0.05, 0) is 89.6 Å². The Kier molecular flexibility index (Phi) is 8.22. The Morgan fingerprint density at radius 1 is 1.12 bits per heavy atom. The second kappa shape index (κ2) is 10.9. The Morgan fingerprint density at radius 3 is 2.50 bits per heavy atom. The number of ether oxygens (including phenoxy) is 3. The number of hydrogen-bond donors (Lipinski definition) is 0. The molecule has 1 saturated heterocycles. The number of imide groups is 1. The number of anilines is 1. The molecule has 1 aliphatic rings. The lowest BCUT2D eigenvalue weighted by Crippen LogP contribution is -2.27. The zero-order valence-corrected chi connectivity index (χ0v) is 20.4. The molecule has 0 unspecified atom stereocenters. The maximum atomic E-state index is 12.9. The van der Waals surface area contributed by atoms with Crippen LogP contribution in [0.4, 0.5) is 10.5 Å². The molecular weight excluding hydrogens is 522 g/mol. The van der Waals surface area contributed by atoms with Crippen LogP contribution >= 0.6 is 39.3 Å². The Hall–Kier alpha value is -2.49. The number of benzene rings is 2. The van der Waals surface area contributed by atoms with Crippen molar-refractivity contribution >= 4 is 68.2 Å². The molecule has 1 fully saturated rings. The van der Waals surface area contributed by atoms with Crippen LogP contribution in [0.25, 0.3) is 6.08 Å². The number of hydrogen-bond acceptors (Lipinski definition) is 7. The van der Waals surface area contributed by atoms with Gasteiger partial charge in [-0.15, -0.1) is 0 Å². The van der Waals surface area contributed by atoms with Crippen molar-refractivity contribution < 1.29 is 28.6 Å². The minimum atomic E-state index is -0.498. The van der Waals surface area contributed by atoms with Crippen molar-refractivity contribution in [2.45, 2.75) is 13.8 Å². The van der Waals surface area contributed by atoms with Crippen LogP contribution in [0.15, 0.2) is 45.8 Å². The van der Waals surface area contributed by atoms with E-state index in [1.807, 2.05) is 6.92 Å². The molecule has 0 saturated carbocycles. The molecule has 0 N–H and O–H groups in total. The highest BCUT2D eigenvalue weighted by Gasteiger charge is 2.36. The molecule has 168 valence electrons. The highest BCUT2D eigenvalue weighted by molar-refractivity contribution is 9.10. The monoisotopic (exact) mass is 539 g/mol. The molecule has 0 atom stereocenters. The van der Waals surface area contributed by atoms with E-state index < -0.39 is 17.1 Å². The molecule has 0 aliphatic carbocycles. The van der Waals surface area contributed by atoms with E-state index in [4.69, 9.17) is 25.8 Å². The minimum absolute atomic E-state index is 0.256. The highest BCUT2D eigenvalue weighted by Crippen LogP contribution is 2.40. The first-order valence-corrected chi connectivity index (χ1v) is 11.6. The predicted octanol–water partition coefficient (Wildman–Crippen LogP) is 5.68. The normalized spacial score (nSPS) is 14.8. The molecule has 3 rings (SSSR count). The van der Waals surface area contributed by atoms with Gasteiger partial charge < -0.3 is 14.2 Å². The van der Waals surface area contributed by atoms with Crippen LogP contribution in [-0.4, -0.2) is 36.9 Å². The second-order valence-corrected chi connectivity index (χ2v) is 8.63. The van der Waals surface area contributed by atoms with E-state index in [0.29, 0.717) is 38.9 Å². The minimum Gasteiger partial charge on any atom is -0.490 e. The van der Waals surface area contributed by atoms with E-state index in [9.17, 15) is 14.4 Å². The van der Waals surface area contributed by atoms with Gasteiger partial charge in [-0.1, -0.05) is 11.6 Å². The number of halogens is 2. The third-order valence-corrected chi connectivity index (χ3v) is 5.86. The summed E-state index contributed by atoms with van der Waals surface area (Å²) >= 11 is 10.2. The molecule has 2 amide bonds. The molecule has 2 aromatic rings. The number of carbonyl (C=O) groups is 3. The lowest BCUT2D eigenvalue weighted by Gasteiger charge is -2.14. The largest absolute Gasteiger partial charge is 0.490 e. The van der Waals surface area contributed by atoms with Crippen LogP contribution in [0.3, 0.4) is 0 Å². The third-order valence-electron chi connectivity index (χ3n) is 4.15. The van der Waals surface area contributed by atoms with Crippen LogP contribution in [0.2, 0.25) is 5.02 Å². The summed E-state index contributed by atoms with van der Waals surface area (Å²) < 4.78 is 16.6. The van der Waals surface area contributed by atoms with Crippen molar-refractivity contribution in [1.82, 2.24) is 0 Å². The summed E-state index contributed by atoms with van der Waals surface area (Å²) in [7, 11) is 0. The van der Waals surface area contributed by atoms with Gasteiger partial charge in [0.25, 0.3) is 11.1 Å². The highest BCUT2D eigenvalue weighted by atomic mass is 79.9. The van der Waals surface area contributed by atoms with Crippen molar-refractivity contribution in [2.75, 3.05) is 24.7 Å². The van der Waals surface area contributed by atoms with Gasteiger partial charge in [-0.25, -0.2) is 9.69 Å². The average Bonchev–Trinajstić information content (AvgIpc) is 3.01. The fraction of sp³-hybridized carbons (Fsp3) is 0.227. The van der Waals surface area contributed by atoms with E-state index in [1.54, 1.807) is 49.4 Å². The molecule has 0 radical (unpaired) electrons. The number of amides is 2. The van der Waals surface area contributed by atoms with Gasteiger partial charge in [0.1, 0.15) is 0 Å². The van der Waals surface area contributed by atoms with Gasteiger partial charge in [-0.2, -0.15) is 0 Å². The summed E-state index contributed by atoms with van der Waals surface area (Å²) in [6.07, 6.45) is 1.60. The van der Waals surface area contributed by atoms with Crippen LogP contribution in [-0.2, 0) is 14.3 Å². The zero-order valence-electron chi connectivity index (χ0n) is 17.2. The van der Waals surface area contributed by atoms with Crippen molar-refractivity contribution in [2.24, 2.45) is 0 Å². The number of esters is 1. The maximum Gasteiger partial charge on any atom is 0.344 e. The fourth-order valence-corrected chi connectivity index (χ4v) is 4.38. The molecule has 0 spiro atoms. The molecule has 2 aromatic carbocycles. The number of rotatable bonds is 8. The summed E-state index contributed by atoms with van der Waals surface area (Å²) in [5, 5.41) is 0.108. The van der Waals surface area contributed by atoms with Crippen molar-refractivity contribution in [3.8, 4) is 11.5 Å². The molecule has 32 heavy (non-hydrogen) atoms. The maximum absolute atomic E-state index is 12.9. The number of nitrogens with zero attached hydrogens (tertiary/aromatic N) is 1. The topological polar surface area (TPSA) is 82.1 Å². The molecular formula is C22H19BrClNO6S. The Labute approximate surface area is 202 Å². The predicted molar refractivity (Wildman–Crippen MR) is 127 cm³/mol. The van der Waals surface area contributed by atoms with Crippen LogP contribution in [0, 0.1) is 0 Å². The van der Waals surface area contributed by atoms with Gasteiger partial charge in [0.15, 0.2) is 18.1 Å². The Morgan fingerprint density at radius 2 is 1.84 bits per heavy atom. The summed E-state index contributed by atoms with van der Waals surface area (Å²) in [5.74, 6) is -0.207. The average molecular weight is 541 g/mol. The zero-order chi connectivity index (χ0) is 23.3. The van der Waals surface area contributed by atoms with E-state index in [0.717, 1.165) is 16.7 Å². The molecule has 10 heteroatoms. The van der Waals surface area contributed by atoms with Crippen molar-refractivity contribution in [3.63, 3.8) is 0 Å². The van der Waals surface area contributed by atoms with Gasteiger partial charge in [0, 0.05) is 5.02 Å². The van der Waals surface area contributed by atoms with E-state index >= 15 is 0 Å². The first-order chi connectivity index (χ1) is 15.3. The van der Waals surface area contributed by atoms with Gasteiger partial charge in [-0.3, -0.25) is 9.59 Å². The van der Waals surface area contributed by atoms with Crippen molar-refractivity contribution in [3.05, 3.63) is 56.4 Å². The summed E-state index contributed by atoms with van der Waals surface area (Å²) in [6.45, 7) is 3.87. The van der Waals surface area contributed by atoms with Gasteiger partial charge >= 0.3 is 5.97 Å². The molecule has 0 aromatic heterocycles. The number of thioether (sulfide) groups is 1.